The maximum Gasteiger partial charge on any atom is 0.122 e. The average Bonchev–Trinajstić information content (AvgIpc) is 2.95. The Labute approximate surface area is 120 Å². The van der Waals surface area contributed by atoms with Gasteiger partial charge in [-0.1, -0.05) is 31.2 Å². The molecule has 2 aromatic carbocycles. The fourth-order valence-electron chi connectivity index (χ4n) is 2.54. The van der Waals surface area contributed by atoms with E-state index in [1.807, 2.05) is 6.07 Å². The molecule has 0 aliphatic carbocycles. The normalized spacial score (nSPS) is 12.8. The first-order valence-electron chi connectivity index (χ1n) is 7.31. The molecule has 2 heteroatoms. The minimum absolute atomic E-state index is 0.715. The quantitative estimate of drug-likeness (QED) is 0.821. The van der Waals surface area contributed by atoms with E-state index in [0.29, 0.717) is 6.61 Å². The third-order valence-corrected chi connectivity index (χ3v) is 3.72. The highest BCUT2D eigenvalue weighted by Crippen LogP contribution is 2.26. The van der Waals surface area contributed by atoms with Crippen LogP contribution in [-0.2, 0) is 19.3 Å². The zero-order chi connectivity index (χ0) is 13.8. The monoisotopic (exact) mass is 268 g/mol. The summed E-state index contributed by atoms with van der Waals surface area (Å²) in [6, 6.07) is 14.8. The smallest absolute Gasteiger partial charge is 0.122 e. The summed E-state index contributed by atoms with van der Waals surface area (Å²) in [6.45, 7) is 3.69. The van der Waals surface area contributed by atoms with E-state index in [0.717, 1.165) is 37.4 Å². The third-order valence-electron chi connectivity index (χ3n) is 3.72. The second-order valence-corrected chi connectivity index (χ2v) is 5.14. The largest absolute Gasteiger partial charge is 0.493 e. The Kier molecular flexibility index (Phi) is 3.91. The summed E-state index contributed by atoms with van der Waals surface area (Å²) < 4.78 is 11.4. The molecule has 0 bridgehead atoms. The van der Waals surface area contributed by atoms with Gasteiger partial charge in [0, 0.05) is 12.8 Å². The Balaban J connectivity index is 1.57. The molecule has 0 spiro atoms. The Morgan fingerprint density at radius 3 is 2.95 bits per heavy atom. The van der Waals surface area contributed by atoms with Crippen LogP contribution >= 0.6 is 0 Å². The first-order valence-corrected chi connectivity index (χ1v) is 7.31. The summed E-state index contributed by atoms with van der Waals surface area (Å²) in [5.41, 5.74) is 3.97. The van der Waals surface area contributed by atoms with Crippen molar-refractivity contribution in [3.63, 3.8) is 0 Å². The molecule has 20 heavy (non-hydrogen) atoms. The number of benzene rings is 2. The van der Waals surface area contributed by atoms with Crippen LogP contribution in [0.1, 0.15) is 23.6 Å². The van der Waals surface area contributed by atoms with Gasteiger partial charge >= 0.3 is 0 Å². The highest BCUT2D eigenvalue weighted by molar-refractivity contribution is 5.39. The molecule has 104 valence electrons. The predicted molar refractivity (Wildman–Crippen MR) is 80.7 cm³/mol. The minimum atomic E-state index is 0.715. The molecule has 1 aliphatic rings. The summed E-state index contributed by atoms with van der Waals surface area (Å²) in [6.07, 6.45) is 3.01. The van der Waals surface area contributed by atoms with E-state index in [1.54, 1.807) is 0 Å². The highest BCUT2D eigenvalue weighted by atomic mass is 16.5. The van der Waals surface area contributed by atoms with Crippen molar-refractivity contribution in [2.75, 3.05) is 13.2 Å². The van der Waals surface area contributed by atoms with Crippen LogP contribution in [0.25, 0.3) is 0 Å². The molecule has 2 nitrogen and oxygen atoms in total. The summed E-state index contributed by atoms with van der Waals surface area (Å²) in [4.78, 5) is 0. The van der Waals surface area contributed by atoms with Gasteiger partial charge in [-0.15, -0.1) is 0 Å². The van der Waals surface area contributed by atoms with Gasteiger partial charge in [0.15, 0.2) is 0 Å². The predicted octanol–water partition coefficient (Wildman–Crippen LogP) is 3.81. The van der Waals surface area contributed by atoms with E-state index < -0.39 is 0 Å². The summed E-state index contributed by atoms with van der Waals surface area (Å²) >= 11 is 0. The summed E-state index contributed by atoms with van der Waals surface area (Å²) in [7, 11) is 0. The van der Waals surface area contributed by atoms with E-state index in [2.05, 4.69) is 43.3 Å². The molecule has 1 heterocycles. The molecule has 0 saturated carbocycles. The maximum atomic E-state index is 5.84. The number of hydrogen-bond acceptors (Lipinski definition) is 2. The molecule has 0 atom stereocenters. The van der Waals surface area contributed by atoms with E-state index in [1.165, 1.54) is 16.7 Å². The van der Waals surface area contributed by atoms with Gasteiger partial charge < -0.3 is 9.47 Å². The molecule has 1 aliphatic heterocycles. The van der Waals surface area contributed by atoms with Gasteiger partial charge in [-0.05, 0) is 41.3 Å². The van der Waals surface area contributed by atoms with Gasteiger partial charge in [-0.25, -0.2) is 0 Å². The lowest BCUT2D eigenvalue weighted by Gasteiger charge is -2.08. The van der Waals surface area contributed by atoms with Crippen LogP contribution in [0.2, 0.25) is 0 Å². The van der Waals surface area contributed by atoms with Crippen LogP contribution < -0.4 is 9.47 Å². The zero-order valence-corrected chi connectivity index (χ0v) is 11.9. The molecular weight excluding hydrogens is 248 g/mol. The van der Waals surface area contributed by atoms with Gasteiger partial charge in [0.25, 0.3) is 0 Å². The van der Waals surface area contributed by atoms with Crippen LogP contribution in [-0.4, -0.2) is 13.2 Å². The van der Waals surface area contributed by atoms with Crippen molar-refractivity contribution in [2.45, 2.75) is 26.2 Å². The van der Waals surface area contributed by atoms with E-state index in [9.17, 15) is 0 Å². The number of aryl methyl sites for hydroxylation is 1. The van der Waals surface area contributed by atoms with E-state index in [4.69, 9.17) is 9.47 Å². The zero-order valence-electron chi connectivity index (χ0n) is 11.9. The van der Waals surface area contributed by atoms with E-state index in [-0.39, 0.29) is 0 Å². The maximum absolute atomic E-state index is 5.84. The Bertz CT molecular complexity index is 590. The molecule has 0 unspecified atom stereocenters. The average molecular weight is 268 g/mol. The molecule has 0 saturated heterocycles. The Morgan fingerprint density at radius 1 is 1.10 bits per heavy atom. The second-order valence-electron chi connectivity index (χ2n) is 5.14. The number of rotatable bonds is 5. The van der Waals surface area contributed by atoms with Crippen molar-refractivity contribution >= 4 is 0 Å². The van der Waals surface area contributed by atoms with Gasteiger partial charge in [-0.3, -0.25) is 0 Å². The highest BCUT2D eigenvalue weighted by Gasteiger charge is 2.11. The number of hydrogen-bond donors (Lipinski definition) is 0. The van der Waals surface area contributed by atoms with Crippen molar-refractivity contribution in [1.29, 1.82) is 0 Å². The third kappa shape index (κ3) is 2.96. The first kappa shape index (κ1) is 13.0. The fraction of sp³-hybridized carbons (Fsp3) is 0.333. The molecule has 0 N–H and O–H groups in total. The van der Waals surface area contributed by atoms with Crippen LogP contribution in [0, 0.1) is 0 Å². The van der Waals surface area contributed by atoms with Crippen LogP contribution in [0.3, 0.4) is 0 Å². The van der Waals surface area contributed by atoms with Crippen LogP contribution in [0.5, 0.6) is 11.5 Å². The van der Waals surface area contributed by atoms with Crippen molar-refractivity contribution < 1.29 is 9.47 Å². The summed E-state index contributed by atoms with van der Waals surface area (Å²) in [5, 5.41) is 0. The summed E-state index contributed by atoms with van der Waals surface area (Å²) in [5.74, 6) is 2.01. The van der Waals surface area contributed by atoms with Crippen LogP contribution in [0.4, 0.5) is 0 Å². The number of ether oxygens (including phenoxy) is 2. The molecule has 2 aromatic rings. The first-order chi connectivity index (χ1) is 9.85. The Morgan fingerprint density at radius 2 is 2.05 bits per heavy atom. The standard InChI is InChI=1S/C18H20O2/c1-2-14-4-3-5-17(13-14)19-10-8-15-6-7-18-16(12-15)9-11-20-18/h3-7,12-13H,2,8-11H2,1H3. The topological polar surface area (TPSA) is 18.5 Å². The SMILES string of the molecule is CCc1cccc(OCCc2ccc3c(c2)CCO3)c1. The van der Waals surface area contributed by atoms with Gasteiger partial charge in [0.2, 0.25) is 0 Å². The fourth-order valence-corrected chi connectivity index (χ4v) is 2.54. The number of fused-ring (bicyclic) bond motifs is 1. The van der Waals surface area contributed by atoms with Gasteiger partial charge in [-0.2, -0.15) is 0 Å². The Hall–Kier alpha value is -1.96. The minimum Gasteiger partial charge on any atom is -0.493 e. The second kappa shape index (κ2) is 6.00. The lowest BCUT2D eigenvalue weighted by Crippen LogP contribution is -2.02. The molecule has 0 fully saturated rings. The van der Waals surface area contributed by atoms with Crippen molar-refractivity contribution in [2.24, 2.45) is 0 Å². The molecule has 0 aromatic heterocycles. The van der Waals surface area contributed by atoms with Crippen molar-refractivity contribution in [3.05, 3.63) is 59.2 Å². The lowest BCUT2D eigenvalue weighted by atomic mass is 10.1. The lowest BCUT2D eigenvalue weighted by molar-refractivity contribution is 0.321. The molecule has 3 rings (SSSR count). The molecule has 0 amide bonds. The van der Waals surface area contributed by atoms with Gasteiger partial charge in [0.05, 0.1) is 13.2 Å². The van der Waals surface area contributed by atoms with Gasteiger partial charge in [0.1, 0.15) is 11.5 Å². The van der Waals surface area contributed by atoms with E-state index >= 15 is 0 Å². The van der Waals surface area contributed by atoms with Crippen molar-refractivity contribution in [1.82, 2.24) is 0 Å². The van der Waals surface area contributed by atoms with Crippen molar-refractivity contribution in [3.8, 4) is 11.5 Å². The van der Waals surface area contributed by atoms with Crippen LogP contribution in [0.15, 0.2) is 42.5 Å². The molecule has 0 radical (unpaired) electrons. The molecular formula is C18H20O2.